The van der Waals surface area contributed by atoms with Crippen molar-refractivity contribution in [2.45, 2.75) is 24.7 Å². The summed E-state index contributed by atoms with van der Waals surface area (Å²) in [5.41, 5.74) is 0.129. The molecule has 1 N–H and O–H groups in total. The minimum Gasteiger partial charge on any atom is -0.478 e. The number of halogens is 1. The minimum absolute atomic E-state index is 0.180. The van der Waals surface area contributed by atoms with E-state index in [9.17, 15) is 17.6 Å². The maximum Gasteiger partial charge on any atom is 0.335 e. The third kappa shape index (κ3) is 3.73. The van der Waals surface area contributed by atoms with Crippen molar-refractivity contribution in [1.82, 2.24) is 0 Å². The van der Waals surface area contributed by atoms with E-state index < -0.39 is 26.7 Å². The first-order chi connectivity index (χ1) is 11.4. The average molecular weight is 351 g/mol. The van der Waals surface area contributed by atoms with E-state index in [2.05, 4.69) is 0 Å². The number of rotatable bonds is 7. The fraction of sp³-hybridized carbons (Fsp3) is 0.235. The van der Waals surface area contributed by atoms with Crippen molar-refractivity contribution in [2.75, 3.05) is 10.8 Å². The summed E-state index contributed by atoms with van der Waals surface area (Å²) in [4.78, 5) is 10.4. The fourth-order valence-electron chi connectivity index (χ4n) is 2.24. The highest BCUT2D eigenvalue weighted by Crippen LogP contribution is 2.26. The van der Waals surface area contributed by atoms with E-state index in [4.69, 9.17) is 5.11 Å². The van der Waals surface area contributed by atoms with Crippen molar-refractivity contribution in [1.29, 1.82) is 0 Å². The predicted molar refractivity (Wildman–Crippen MR) is 89.2 cm³/mol. The van der Waals surface area contributed by atoms with Crippen LogP contribution >= 0.6 is 0 Å². The molecule has 128 valence electrons. The normalized spacial score (nSPS) is 11.2. The summed E-state index contributed by atoms with van der Waals surface area (Å²) in [5.74, 6) is -2.29. The molecule has 2 aromatic rings. The summed E-state index contributed by atoms with van der Waals surface area (Å²) in [7, 11) is -4.22. The largest absolute Gasteiger partial charge is 0.478 e. The molecule has 24 heavy (non-hydrogen) atoms. The Morgan fingerprint density at radius 3 is 2.42 bits per heavy atom. The summed E-state index contributed by atoms with van der Waals surface area (Å²) in [6, 6.07) is 11.1. The van der Waals surface area contributed by atoms with Gasteiger partial charge in [-0.25, -0.2) is 17.6 Å². The summed E-state index contributed by atoms with van der Waals surface area (Å²) in [5, 5.41) is 9.03. The van der Waals surface area contributed by atoms with E-state index in [1.165, 1.54) is 0 Å². The maximum absolute atomic E-state index is 14.1. The van der Waals surface area contributed by atoms with Gasteiger partial charge in [-0.3, -0.25) is 4.31 Å². The Labute approximate surface area is 140 Å². The number of sulfonamides is 1. The number of para-hydroxylation sites is 1. The lowest BCUT2D eigenvalue weighted by molar-refractivity contribution is 0.0696. The third-order valence-electron chi connectivity index (χ3n) is 3.51. The van der Waals surface area contributed by atoms with Gasteiger partial charge in [-0.1, -0.05) is 31.5 Å². The Hall–Kier alpha value is -2.41. The van der Waals surface area contributed by atoms with E-state index in [1.807, 2.05) is 6.92 Å². The standard InChI is InChI=1S/C17H18FNO4S/c1-2-3-11-19(14-7-5-4-6-8-14)24(22,23)16-12-13(17(20)21)9-10-15(16)18/h4-10,12H,2-3,11H2,1H3,(H,20,21). The molecule has 0 fully saturated rings. The monoisotopic (exact) mass is 351 g/mol. The van der Waals surface area contributed by atoms with E-state index in [0.717, 1.165) is 28.9 Å². The van der Waals surface area contributed by atoms with Crippen molar-refractivity contribution >= 4 is 21.7 Å². The molecule has 7 heteroatoms. The van der Waals surface area contributed by atoms with Gasteiger partial charge in [0.15, 0.2) is 0 Å². The summed E-state index contributed by atoms with van der Waals surface area (Å²) < 4.78 is 41.1. The van der Waals surface area contributed by atoms with E-state index in [0.29, 0.717) is 12.1 Å². The molecule has 5 nitrogen and oxygen atoms in total. The number of benzene rings is 2. The van der Waals surface area contributed by atoms with Gasteiger partial charge in [0.05, 0.1) is 11.3 Å². The first kappa shape index (κ1) is 17.9. The molecule has 0 spiro atoms. The molecule has 0 atom stereocenters. The Bertz CT molecular complexity index is 822. The molecule has 0 aliphatic carbocycles. The van der Waals surface area contributed by atoms with E-state index in [-0.39, 0.29) is 12.1 Å². The van der Waals surface area contributed by atoms with Crippen LogP contribution in [0.5, 0.6) is 0 Å². The second-order valence-corrected chi connectivity index (χ2v) is 7.05. The Morgan fingerprint density at radius 2 is 1.83 bits per heavy atom. The molecule has 0 radical (unpaired) electrons. The first-order valence-electron chi connectivity index (χ1n) is 7.48. The molecule has 0 bridgehead atoms. The molecule has 0 heterocycles. The molecule has 2 rings (SSSR count). The molecule has 0 aliphatic heterocycles. The van der Waals surface area contributed by atoms with Gasteiger partial charge < -0.3 is 5.11 Å². The summed E-state index contributed by atoms with van der Waals surface area (Å²) in [6.45, 7) is 2.10. The van der Waals surface area contributed by atoms with Crippen LogP contribution in [0.1, 0.15) is 30.1 Å². The SMILES string of the molecule is CCCCN(c1ccccc1)S(=O)(=O)c1cc(C(=O)O)ccc1F. The van der Waals surface area contributed by atoms with Gasteiger partial charge in [0.1, 0.15) is 10.7 Å². The van der Waals surface area contributed by atoms with E-state index >= 15 is 0 Å². The van der Waals surface area contributed by atoms with Gasteiger partial charge in [-0.2, -0.15) is 0 Å². The molecule has 2 aromatic carbocycles. The number of nitrogens with zero attached hydrogens (tertiary/aromatic N) is 1. The van der Waals surface area contributed by atoms with Crippen LogP contribution in [0.2, 0.25) is 0 Å². The second-order valence-electron chi connectivity index (χ2n) is 5.22. The van der Waals surface area contributed by atoms with Gasteiger partial charge in [0.25, 0.3) is 10.0 Å². The molecular weight excluding hydrogens is 333 g/mol. The van der Waals surface area contributed by atoms with Crippen molar-refractivity contribution in [3.05, 3.63) is 59.9 Å². The molecule has 0 amide bonds. The van der Waals surface area contributed by atoms with Crippen LogP contribution in [0.25, 0.3) is 0 Å². The van der Waals surface area contributed by atoms with Crippen LogP contribution in [-0.2, 0) is 10.0 Å². The number of carbonyl (C=O) groups is 1. The smallest absolute Gasteiger partial charge is 0.335 e. The van der Waals surface area contributed by atoms with Crippen LogP contribution in [0.3, 0.4) is 0 Å². The number of hydrogen-bond donors (Lipinski definition) is 1. The van der Waals surface area contributed by atoms with Crippen molar-refractivity contribution in [3.8, 4) is 0 Å². The zero-order valence-corrected chi connectivity index (χ0v) is 14.0. The van der Waals surface area contributed by atoms with Crippen LogP contribution in [0, 0.1) is 5.82 Å². The highest BCUT2D eigenvalue weighted by Gasteiger charge is 2.28. The van der Waals surface area contributed by atoms with Gasteiger partial charge in [-0.15, -0.1) is 0 Å². The quantitative estimate of drug-likeness (QED) is 0.828. The number of carboxylic acids is 1. The number of unbranched alkanes of at least 4 members (excludes halogenated alkanes) is 1. The average Bonchev–Trinajstić information content (AvgIpc) is 2.56. The van der Waals surface area contributed by atoms with Crippen molar-refractivity contribution in [2.24, 2.45) is 0 Å². The molecule has 0 unspecified atom stereocenters. The highest BCUT2D eigenvalue weighted by atomic mass is 32.2. The Balaban J connectivity index is 2.56. The molecule has 0 saturated heterocycles. The van der Waals surface area contributed by atoms with Crippen molar-refractivity contribution < 1.29 is 22.7 Å². The van der Waals surface area contributed by atoms with Crippen LogP contribution in [0.15, 0.2) is 53.4 Å². The van der Waals surface area contributed by atoms with Gasteiger partial charge >= 0.3 is 5.97 Å². The summed E-state index contributed by atoms with van der Waals surface area (Å²) >= 11 is 0. The maximum atomic E-state index is 14.1. The van der Waals surface area contributed by atoms with Crippen molar-refractivity contribution in [3.63, 3.8) is 0 Å². The van der Waals surface area contributed by atoms with Crippen LogP contribution < -0.4 is 4.31 Å². The third-order valence-corrected chi connectivity index (χ3v) is 5.35. The molecule has 0 aromatic heterocycles. The van der Waals surface area contributed by atoms with Crippen LogP contribution in [-0.4, -0.2) is 26.0 Å². The minimum atomic E-state index is -4.22. The lowest BCUT2D eigenvalue weighted by Crippen LogP contribution is -2.32. The number of aromatic carboxylic acids is 1. The zero-order chi connectivity index (χ0) is 17.7. The Morgan fingerprint density at radius 1 is 1.17 bits per heavy atom. The Kier molecular flexibility index (Phi) is 5.56. The molecule has 0 aliphatic rings. The topological polar surface area (TPSA) is 74.7 Å². The molecular formula is C17H18FNO4S. The number of hydrogen-bond acceptors (Lipinski definition) is 3. The lowest BCUT2D eigenvalue weighted by atomic mass is 10.2. The highest BCUT2D eigenvalue weighted by molar-refractivity contribution is 7.92. The van der Waals surface area contributed by atoms with Gasteiger partial charge in [0, 0.05) is 6.54 Å². The van der Waals surface area contributed by atoms with E-state index in [1.54, 1.807) is 30.3 Å². The van der Waals surface area contributed by atoms with Crippen LogP contribution in [0.4, 0.5) is 10.1 Å². The van der Waals surface area contributed by atoms with Gasteiger partial charge in [-0.05, 0) is 36.8 Å². The molecule has 0 saturated carbocycles. The number of anilines is 1. The fourth-order valence-corrected chi connectivity index (χ4v) is 3.83. The zero-order valence-electron chi connectivity index (χ0n) is 13.1. The number of carboxylic acid groups (broad SMARTS) is 1. The van der Waals surface area contributed by atoms with Gasteiger partial charge in [0.2, 0.25) is 0 Å². The lowest BCUT2D eigenvalue weighted by Gasteiger charge is -2.24. The second kappa shape index (κ2) is 7.44. The first-order valence-corrected chi connectivity index (χ1v) is 8.92. The predicted octanol–water partition coefficient (Wildman–Crippen LogP) is 3.52. The summed E-state index contributed by atoms with van der Waals surface area (Å²) in [6.07, 6.45) is 1.35.